The molecule has 0 aliphatic rings. The van der Waals surface area contributed by atoms with Gasteiger partial charge in [0, 0.05) is 5.69 Å². The first-order valence-electron chi connectivity index (χ1n) is 7.15. The van der Waals surface area contributed by atoms with Crippen molar-refractivity contribution >= 4 is 0 Å². The number of benzene rings is 1. The number of pyridine rings is 1. The van der Waals surface area contributed by atoms with Gasteiger partial charge in [0.15, 0.2) is 0 Å². The molecule has 2 heteroatoms. The summed E-state index contributed by atoms with van der Waals surface area (Å²) in [5.74, 6) is 0. The second kappa shape index (κ2) is 5.76. The van der Waals surface area contributed by atoms with E-state index in [-0.39, 0.29) is 11.5 Å². The monoisotopic (exact) mass is 268 g/mol. The topological polar surface area (TPSA) is 38.9 Å². The van der Waals surface area contributed by atoms with Gasteiger partial charge in [0.25, 0.3) is 0 Å². The summed E-state index contributed by atoms with van der Waals surface area (Å²) in [5, 5.41) is 0. The van der Waals surface area contributed by atoms with Crippen molar-refractivity contribution in [1.82, 2.24) is 4.98 Å². The third kappa shape index (κ3) is 3.67. The van der Waals surface area contributed by atoms with Crippen LogP contribution in [0.5, 0.6) is 0 Å². The van der Waals surface area contributed by atoms with Crippen LogP contribution in [0.3, 0.4) is 0 Å². The van der Waals surface area contributed by atoms with Crippen molar-refractivity contribution in [3.05, 3.63) is 65.0 Å². The van der Waals surface area contributed by atoms with Gasteiger partial charge in [-0.2, -0.15) is 0 Å². The minimum Gasteiger partial charge on any atom is -0.322 e. The van der Waals surface area contributed by atoms with Gasteiger partial charge in [0.05, 0.1) is 11.7 Å². The van der Waals surface area contributed by atoms with E-state index in [1.54, 1.807) is 0 Å². The molecule has 20 heavy (non-hydrogen) atoms. The molecule has 1 unspecified atom stereocenters. The normalized spacial score (nSPS) is 13.2. The van der Waals surface area contributed by atoms with Crippen molar-refractivity contribution in [2.24, 2.45) is 5.73 Å². The first-order chi connectivity index (χ1) is 9.36. The maximum absolute atomic E-state index is 6.26. The Morgan fingerprint density at radius 2 is 1.70 bits per heavy atom. The number of nitrogens with zero attached hydrogens (tertiary/aromatic N) is 1. The Balaban J connectivity index is 2.10. The van der Waals surface area contributed by atoms with Gasteiger partial charge in [-0.25, -0.2) is 0 Å². The molecular weight excluding hydrogens is 244 g/mol. The molecule has 1 heterocycles. The molecule has 0 saturated carbocycles. The van der Waals surface area contributed by atoms with Crippen LogP contribution >= 0.6 is 0 Å². The third-order valence-electron chi connectivity index (χ3n) is 3.57. The molecule has 0 fully saturated rings. The number of rotatable bonds is 3. The van der Waals surface area contributed by atoms with Crippen LogP contribution < -0.4 is 5.73 Å². The predicted molar refractivity (Wildman–Crippen MR) is 84.7 cm³/mol. The SMILES string of the molecule is Cc1cccc(C(N)Cc2ccc(C(C)(C)C)cc2)n1. The number of hydrogen-bond acceptors (Lipinski definition) is 2. The number of nitrogens with two attached hydrogens (primary N) is 1. The fourth-order valence-electron chi connectivity index (χ4n) is 2.27. The second-order valence-corrected chi connectivity index (χ2v) is 6.46. The Morgan fingerprint density at radius 1 is 1.05 bits per heavy atom. The Hall–Kier alpha value is -1.67. The molecule has 0 saturated heterocycles. The lowest BCUT2D eigenvalue weighted by Crippen LogP contribution is -2.15. The van der Waals surface area contributed by atoms with Gasteiger partial charge in [-0.15, -0.1) is 0 Å². The van der Waals surface area contributed by atoms with E-state index in [0.717, 1.165) is 17.8 Å². The summed E-state index contributed by atoms with van der Waals surface area (Å²) in [7, 11) is 0. The van der Waals surface area contributed by atoms with E-state index >= 15 is 0 Å². The number of aromatic nitrogens is 1. The van der Waals surface area contributed by atoms with E-state index in [4.69, 9.17) is 5.73 Å². The van der Waals surface area contributed by atoms with Crippen LogP contribution in [0.2, 0.25) is 0 Å². The van der Waals surface area contributed by atoms with Crippen molar-refractivity contribution in [1.29, 1.82) is 0 Å². The summed E-state index contributed by atoms with van der Waals surface area (Å²) in [4.78, 5) is 4.50. The lowest BCUT2D eigenvalue weighted by Gasteiger charge is -2.19. The molecule has 0 spiro atoms. The zero-order chi connectivity index (χ0) is 14.8. The summed E-state index contributed by atoms with van der Waals surface area (Å²) in [6.45, 7) is 8.67. The molecule has 0 bridgehead atoms. The molecule has 1 aromatic carbocycles. The lowest BCUT2D eigenvalue weighted by atomic mass is 9.86. The molecule has 2 aromatic rings. The maximum Gasteiger partial charge on any atom is 0.0577 e. The van der Waals surface area contributed by atoms with Crippen molar-refractivity contribution < 1.29 is 0 Å². The molecule has 2 N–H and O–H groups in total. The van der Waals surface area contributed by atoms with E-state index in [9.17, 15) is 0 Å². The van der Waals surface area contributed by atoms with Crippen LogP contribution in [0.4, 0.5) is 0 Å². The van der Waals surface area contributed by atoms with Crippen LogP contribution in [0, 0.1) is 6.92 Å². The Labute approximate surface area is 122 Å². The van der Waals surface area contributed by atoms with Crippen molar-refractivity contribution in [3.63, 3.8) is 0 Å². The van der Waals surface area contributed by atoms with Gasteiger partial charge in [-0.3, -0.25) is 4.98 Å². The summed E-state index contributed by atoms with van der Waals surface area (Å²) >= 11 is 0. The van der Waals surface area contributed by atoms with Gasteiger partial charge in [0.2, 0.25) is 0 Å². The molecule has 106 valence electrons. The predicted octanol–water partition coefficient (Wildman–Crippen LogP) is 3.93. The van der Waals surface area contributed by atoms with E-state index in [2.05, 4.69) is 50.0 Å². The molecule has 0 radical (unpaired) electrons. The summed E-state index contributed by atoms with van der Waals surface area (Å²) in [6.07, 6.45) is 0.820. The fraction of sp³-hybridized carbons (Fsp3) is 0.389. The van der Waals surface area contributed by atoms with Gasteiger partial charge >= 0.3 is 0 Å². The summed E-state index contributed by atoms with van der Waals surface area (Å²) in [6, 6.07) is 14.7. The van der Waals surface area contributed by atoms with E-state index in [0.29, 0.717) is 0 Å². The average molecular weight is 268 g/mol. The molecule has 0 aliphatic heterocycles. The highest BCUT2D eigenvalue weighted by Gasteiger charge is 2.14. The number of aryl methyl sites for hydroxylation is 1. The van der Waals surface area contributed by atoms with E-state index in [1.165, 1.54) is 11.1 Å². The Bertz CT molecular complexity index is 565. The fourth-order valence-corrected chi connectivity index (χ4v) is 2.27. The highest BCUT2D eigenvalue weighted by atomic mass is 14.8. The minimum absolute atomic E-state index is 0.0459. The highest BCUT2D eigenvalue weighted by Crippen LogP contribution is 2.23. The van der Waals surface area contributed by atoms with E-state index in [1.807, 2.05) is 25.1 Å². The van der Waals surface area contributed by atoms with Gasteiger partial charge in [-0.05, 0) is 42.0 Å². The molecule has 0 aliphatic carbocycles. The van der Waals surface area contributed by atoms with Crippen molar-refractivity contribution in [2.75, 3.05) is 0 Å². The second-order valence-electron chi connectivity index (χ2n) is 6.46. The molecule has 2 rings (SSSR count). The minimum atomic E-state index is -0.0459. The van der Waals surface area contributed by atoms with Crippen LogP contribution in [0.15, 0.2) is 42.5 Å². The van der Waals surface area contributed by atoms with Crippen LogP contribution in [0.25, 0.3) is 0 Å². The van der Waals surface area contributed by atoms with Gasteiger partial charge in [0.1, 0.15) is 0 Å². The Morgan fingerprint density at radius 3 is 2.25 bits per heavy atom. The van der Waals surface area contributed by atoms with Gasteiger partial charge < -0.3 is 5.73 Å². The van der Waals surface area contributed by atoms with E-state index < -0.39 is 0 Å². The summed E-state index contributed by atoms with van der Waals surface area (Å²) < 4.78 is 0. The average Bonchev–Trinajstić information content (AvgIpc) is 2.38. The highest BCUT2D eigenvalue weighted by molar-refractivity contribution is 5.28. The van der Waals surface area contributed by atoms with Crippen LogP contribution in [-0.2, 0) is 11.8 Å². The first-order valence-corrected chi connectivity index (χ1v) is 7.15. The van der Waals surface area contributed by atoms with Crippen LogP contribution in [0.1, 0.15) is 49.3 Å². The quantitative estimate of drug-likeness (QED) is 0.916. The molecule has 2 nitrogen and oxygen atoms in total. The lowest BCUT2D eigenvalue weighted by molar-refractivity contribution is 0.589. The smallest absolute Gasteiger partial charge is 0.0577 e. The Kier molecular flexibility index (Phi) is 4.24. The van der Waals surface area contributed by atoms with Crippen molar-refractivity contribution in [3.8, 4) is 0 Å². The van der Waals surface area contributed by atoms with Gasteiger partial charge in [-0.1, -0.05) is 51.1 Å². The van der Waals surface area contributed by atoms with Crippen LogP contribution in [-0.4, -0.2) is 4.98 Å². The first kappa shape index (κ1) is 14.7. The zero-order valence-electron chi connectivity index (χ0n) is 12.9. The van der Waals surface area contributed by atoms with Crippen molar-refractivity contribution in [2.45, 2.75) is 45.6 Å². The third-order valence-corrected chi connectivity index (χ3v) is 3.57. The summed E-state index contributed by atoms with van der Waals surface area (Å²) in [5.41, 5.74) is 11.0. The zero-order valence-corrected chi connectivity index (χ0v) is 12.9. The molecular formula is C18H24N2. The molecule has 1 atom stereocenters. The number of hydrogen-bond donors (Lipinski definition) is 1. The largest absolute Gasteiger partial charge is 0.322 e. The maximum atomic E-state index is 6.26. The molecule has 1 aromatic heterocycles. The standard InChI is InChI=1S/C18H24N2/c1-13-6-5-7-17(20-13)16(19)12-14-8-10-15(11-9-14)18(2,3)4/h5-11,16H,12,19H2,1-4H3. The molecule has 0 amide bonds.